The summed E-state index contributed by atoms with van der Waals surface area (Å²) in [6.45, 7) is 2.90. The molecule has 3 rings (SSSR count). The molecule has 0 aromatic rings. The van der Waals surface area contributed by atoms with Gasteiger partial charge < -0.3 is 4.74 Å². The lowest BCUT2D eigenvalue weighted by molar-refractivity contribution is -0.0251. The highest BCUT2D eigenvalue weighted by Crippen LogP contribution is 2.48. The first kappa shape index (κ1) is 15.7. The molecule has 0 bridgehead atoms. The minimum atomic E-state index is -0.898. The molecule has 0 N–H and O–H groups in total. The highest BCUT2D eigenvalue weighted by Gasteiger charge is 2.40. The molecule has 0 aliphatic heterocycles. The average Bonchev–Trinajstić information content (AvgIpc) is 2.46. The van der Waals surface area contributed by atoms with Gasteiger partial charge >= 0.3 is 0 Å². The molecule has 3 heteroatoms. The van der Waals surface area contributed by atoms with E-state index in [2.05, 4.69) is 6.92 Å². The van der Waals surface area contributed by atoms with Crippen molar-refractivity contribution in [1.82, 2.24) is 0 Å². The van der Waals surface area contributed by atoms with Crippen LogP contribution in [0.25, 0.3) is 0 Å². The Morgan fingerprint density at radius 2 is 1.29 bits per heavy atom. The van der Waals surface area contributed by atoms with Crippen LogP contribution < -0.4 is 0 Å². The Labute approximate surface area is 127 Å². The van der Waals surface area contributed by atoms with Crippen molar-refractivity contribution in [1.29, 1.82) is 0 Å². The standard InChI is InChI=1S/C18H30F2O/c1-2-21-18-6-5-12-7-13(3-4-14(12)10-18)15-8-16(19)11-17(20)9-15/h12-18H,2-11H2,1H3. The van der Waals surface area contributed by atoms with Crippen LogP contribution in [-0.4, -0.2) is 25.1 Å². The van der Waals surface area contributed by atoms with Crippen LogP contribution in [0.1, 0.15) is 64.7 Å². The lowest BCUT2D eigenvalue weighted by atomic mass is 9.62. The van der Waals surface area contributed by atoms with Crippen molar-refractivity contribution in [3.05, 3.63) is 0 Å². The van der Waals surface area contributed by atoms with Gasteiger partial charge in [0.25, 0.3) is 0 Å². The van der Waals surface area contributed by atoms with Crippen LogP contribution in [0.4, 0.5) is 8.78 Å². The maximum Gasteiger partial charge on any atom is 0.103 e. The molecule has 6 unspecified atom stereocenters. The van der Waals surface area contributed by atoms with Gasteiger partial charge in [-0.15, -0.1) is 0 Å². The molecule has 3 aliphatic carbocycles. The van der Waals surface area contributed by atoms with Gasteiger partial charge in [-0.05, 0) is 82.0 Å². The fourth-order valence-corrected chi connectivity index (χ4v) is 5.31. The molecule has 0 radical (unpaired) electrons. The van der Waals surface area contributed by atoms with Gasteiger partial charge in [0.15, 0.2) is 0 Å². The van der Waals surface area contributed by atoms with Crippen LogP contribution in [0.2, 0.25) is 0 Å². The molecule has 0 aromatic heterocycles. The molecule has 0 heterocycles. The SMILES string of the molecule is CCOC1CCC2CC(C3CC(F)CC(F)C3)CCC2C1. The fourth-order valence-electron chi connectivity index (χ4n) is 5.31. The maximum absolute atomic E-state index is 13.7. The van der Waals surface area contributed by atoms with Crippen molar-refractivity contribution in [2.24, 2.45) is 23.7 Å². The molecule has 1 nitrogen and oxygen atoms in total. The molecule has 6 atom stereocenters. The predicted molar refractivity (Wildman–Crippen MR) is 80.7 cm³/mol. The van der Waals surface area contributed by atoms with E-state index in [9.17, 15) is 8.78 Å². The van der Waals surface area contributed by atoms with Gasteiger partial charge in [0, 0.05) is 13.0 Å². The Bertz CT molecular complexity index is 325. The second-order valence-electron chi connectivity index (χ2n) is 7.65. The number of hydrogen-bond donors (Lipinski definition) is 0. The van der Waals surface area contributed by atoms with Gasteiger partial charge in [-0.3, -0.25) is 0 Å². The van der Waals surface area contributed by atoms with Gasteiger partial charge in [0.05, 0.1) is 6.10 Å². The maximum atomic E-state index is 13.7. The Balaban J connectivity index is 1.53. The summed E-state index contributed by atoms with van der Waals surface area (Å²) in [5.74, 6) is 2.47. The number of rotatable bonds is 3. The third kappa shape index (κ3) is 3.78. The van der Waals surface area contributed by atoms with E-state index in [4.69, 9.17) is 4.74 Å². The van der Waals surface area contributed by atoms with E-state index in [0.717, 1.165) is 18.4 Å². The second-order valence-corrected chi connectivity index (χ2v) is 7.65. The van der Waals surface area contributed by atoms with E-state index in [1.165, 1.54) is 38.5 Å². The van der Waals surface area contributed by atoms with Gasteiger partial charge in [-0.2, -0.15) is 0 Å². The first-order valence-electron chi connectivity index (χ1n) is 9.05. The number of ether oxygens (including phenoxy) is 1. The van der Waals surface area contributed by atoms with Crippen LogP contribution in [0.3, 0.4) is 0 Å². The van der Waals surface area contributed by atoms with Gasteiger partial charge in [0.1, 0.15) is 12.3 Å². The molecular weight excluding hydrogens is 270 g/mol. The summed E-state index contributed by atoms with van der Waals surface area (Å²) in [5, 5.41) is 0. The summed E-state index contributed by atoms with van der Waals surface area (Å²) in [4.78, 5) is 0. The highest BCUT2D eigenvalue weighted by atomic mass is 19.1. The number of hydrogen-bond acceptors (Lipinski definition) is 1. The lowest BCUT2D eigenvalue weighted by Gasteiger charge is -2.45. The molecule has 3 aliphatic rings. The van der Waals surface area contributed by atoms with Gasteiger partial charge in [-0.25, -0.2) is 8.78 Å². The largest absolute Gasteiger partial charge is 0.378 e. The molecule has 21 heavy (non-hydrogen) atoms. The van der Waals surface area contributed by atoms with Crippen molar-refractivity contribution in [2.45, 2.75) is 83.2 Å². The molecule has 0 aromatic carbocycles. The van der Waals surface area contributed by atoms with E-state index in [1.807, 2.05) is 0 Å². The number of alkyl halides is 2. The quantitative estimate of drug-likeness (QED) is 0.706. The fraction of sp³-hybridized carbons (Fsp3) is 1.00. The monoisotopic (exact) mass is 300 g/mol. The summed E-state index contributed by atoms with van der Waals surface area (Å²) in [7, 11) is 0. The van der Waals surface area contributed by atoms with E-state index < -0.39 is 12.3 Å². The van der Waals surface area contributed by atoms with E-state index >= 15 is 0 Å². The normalized spacial score (nSPS) is 47.9. The molecular formula is C18H30F2O. The highest BCUT2D eigenvalue weighted by molar-refractivity contribution is 4.91. The van der Waals surface area contributed by atoms with Gasteiger partial charge in [0.2, 0.25) is 0 Å². The minimum absolute atomic E-state index is 0.144. The Kier molecular flexibility index (Phi) is 5.19. The molecule has 0 amide bonds. The Morgan fingerprint density at radius 3 is 1.95 bits per heavy atom. The van der Waals surface area contributed by atoms with Crippen molar-refractivity contribution >= 4 is 0 Å². The topological polar surface area (TPSA) is 9.23 Å². The van der Waals surface area contributed by atoms with Crippen LogP contribution in [0.15, 0.2) is 0 Å². The summed E-state index contributed by atoms with van der Waals surface area (Å²) < 4.78 is 33.1. The van der Waals surface area contributed by atoms with Gasteiger partial charge in [-0.1, -0.05) is 0 Å². The van der Waals surface area contributed by atoms with Crippen LogP contribution in [0, 0.1) is 23.7 Å². The first-order chi connectivity index (χ1) is 10.2. The molecule has 0 spiro atoms. The zero-order valence-corrected chi connectivity index (χ0v) is 13.3. The minimum Gasteiger partial charge on any atom is -0.378 e. The molecule has 3 fully saturated rings. The van der Waals surface area contributed by atoms with Crippen LogP contribution in [0.5, 0.6) is 0 Å². The Hall–Kier alpha value is -0.180. The summed E-state index contributed by atoms with van der Waals surface area (Å²) in [5.41, 5.74) is 0. The van der Waals surface area contributed by atoms with Crippen molar-refractivity contribution in [2.75, 3.05) is 6.61 Å². The van der Waals surface area contributed by atoms with E-state index in [-0.39, 0.29) is 6.42 Å². The third-order valence-electron chi connectivity index (χ3n) is 6.30. The second kappa shape index (κ2) is 6.93. The first-order valence-corrected chi connectivity index (χ1v) is 9.05. The average molecular weight is 300 g/mol. The smallest absolute Gasteiger partial charge is 0.103 e. The van der Waals surface area contributed by atoms with E-state index in [1.54, 1.807) is 0 Å². The number of fused-ring (bicyclic) bond motifs is 1. The lowest BCUT2D eigenvalue weighted by Crippen LogP contribution is -2.38. The van der Waals surface area contributed by atoms with Crippen molar-refractivity contribution in [3.8, 4) is 0 Å². The molecule has 122 valence electrons. The third-order valence-corrected chi connectivity index (χ3v) is 6.30. The van der Waals surface area contributed by atoms with Crippen molar-refractivity contribution in [3.63, 3.8) is 0 Å². The van der Waals surface area contributed by atoms with Crippen LogP contribution >= 0.6 is 0 Å². The summed E-state index contributed by atoms with van der Waals surface area (Å²) in [6.07, 6.45) is 7.36. The number of halogens is 2. The Morgan fingerprint density at radius 1 is 0.714 bits per heavy atom. The zero-order chi connectivity index (χ0) is 14.8. The predicted octanol–water partition coefficient (Wildman–Crippen LogP) is 5.08. The van der Waals surface area contributed by atoms with Crippen molar-refractivity contribution < 1.29 is 13.5 Å². The molecule has 0 saturated heterocycles. The summed E-state index contributed by atoms with van der Waals surface area (Å²) >= 11 is 0. The zero-order valence-electron chi connectivity index (χ0n) is 13.3. The molecule has 3 saturated carbocycles. The van der Waals surface area contributed by atoms with E-state index in [0.29, 0.717) is 30.8 Å². The summed E-state index contributed by atoms with van der Waals surface area (Å²) in [6, 6.07) is 0. The van der Waals surface area contributed by atoms with Crippen LogP contribution in [-0.2, 0) is 4.74 Å².